The second-order valence-corrected chi connectivity index (χ2v) is 8.20. The van der Waals surface area contributed by atoms with Crippen molar-refractivity contribution < 1.29 is 27.4 Å². The van der Waals surface area contributed by atoms with E-state index in [0.717, 1.165) is 22.3 Å². The van der Waals surface area contributed by atoms with Crippen LogP contribution >= 0.6 is 0 Å². The number of carbonyl (C=O) groups is 1. The third kappa shape index (κ3) is 6.58. The van der Waals surface area contributed by atoms with Gasteiger partial charge in [-0.15, -0.1) is 0 Å². The highest BCUT2D eigenvalue weighted by molar-refractivity contribution is 5.76. The van der Waals surface area contributed by atoms with E-state index < -0.39 is 24.7 Å². The minimum Gasteiger partial charge on any atom is -0.496 e. The van der Waals surface area contributed by atoms with E-state index in [9.17, 15) is 18.0 Å². The fourth-order valence-corrected chi connectivity index (χ4v) is 3.91. The summed E-state index contributed by atoms with van der Waals surface area (Å²) in [6.07, 6.45) is 0.563. The number of methoxy groups -OCH3 is 2. The number of urea groups is 1. The van der Waals surface area contributed by atoms with Crippen LogP contribution in [0.1, 0.15) is 38.7 Å². The molecule has 2 amide bonds. The number of nitrogens with zero attached hydrogens (tertiary/aromatic N) is 3. The average molecular weight is 493 g/mol. The Labute approximate surface area is 202 Å². The first-order valence-corrected chi connectivity index (χ1v) is 11.5. The van der Waals surface area contributed by atoms with Gasteiger partial charge in [0.25, 0.3) is 0 Å². The summed E-state index contributed by atoms with van der Waals surface area (Å²) in [5, 5.41) is 2.75. The summed E-state index contributed by atoms with van der Waals surface area (Å²) in [5.74, 6) is 1.15. The molecule has 0 aliphatic carbocycles. The molecule has 0 bridgehead atoms. The van der Waals surface area contributed by atoms with Crippen LogP contribution in [0.15, 0.2) is 42.9 Å². The zero-order valence-electron chi connectivity index (χ0n) is 20.4. The molecule has 7 nitrogen and oxygen atoms in total. The van der Waals surface area contributed by atoms with E-state index >= 15 is 0 Å². The van der Waals surface area contributed by atoms with E-state index in [1.165, 1.54) is 7.11 Å². The monoisotopic (exact) mass is 492 g/mol. The maximum absolute atomic E-state index is 12.9. The van der Waals surface area contributed by atoms with Gasteiger partial charge in [0.1, 0.15) is 17.1 Å². The number of rotatable bonds is 10. The minimum absolute atomic E-state index is 0.157. The number of nitrogens with one attached hydrogen (secondary N) is 1. The molecule has 10 heteroatoms. The second kappa shape index (κ2) is 11.3. The summed E-state index contributed by atoms with van der Waals surface area (Å²) in [6.45, 7) is 4.16. The van der Waals surface area contributed by atoms with Crippen LogP contribution in [0.4, 0.5) is 18.0 Å². The SMILES string of the molecule is CCC(CCC(F)(F)F)NC(=O)N(CC)Cc1cc(-c2ccc3nccn3c2)c(OC)cc1OC. The Kier molecular flexibility index (Phi) is 8.48. The smallest absolute Gasteiger partial charge is 0.389 e. The Morgan fingerprint density at radius 2 is 1.91 bits per heavy atom. The van der Waals surface area contributed by atoms with E-state index in [4.69, 9.17) is 9.47 Å². The zero-order valence-corrected chi connectivity index (χ0v) is 20.4. The van der Waals surface area contributed by atoms with Crippen LogP contribution in [0.3, 0.4) is 0 Å². The molecule has 0 spiro atoms. The Morgan fingerprint density at radius 3 is 2.54 bits per heavy atom. The molecular formula is C25H31F3N4O3. The summed E-state index contributed by atoms with van der Waals surface area (Å²) < 4.78 is 51.0. The predicted octanol–water partition coefficient (Wildman–Crippen LogP) is 5.67. The average Bonchev–Trinajstić information content (AvgIpc) is 3.31. The summed E-state index contributed by atoms with van der Waals surface area (Å²) in [7, 11) is 3.11. The van der Waals surface area contributed by atoms with Gasteiger partial charge in [-0.25, -0.2) is 9.78 Å². The summed E-state index contributed by atoms with van der Waals surface area (Å²) in [4.78, 5) is 18.7. The van der Waals surface area contributed by atoms with Gasteiger partial charge in [0.05, 0.1) is 20.8 Å². The summed E-state index contributed by atoms with van der Waals surface area (Å²) in [5.41, 5.74) is 3.26. The number of carbonyl (C=O) groups excluding carboxylic acids is 1. The largest absolute Gasteiger partial charge is 0.496 e. The normalized spacial score (nSPS) is 12.4. The van der Waals surface area contributed by atoms with Gasteiger partial charge in [0, 0.05) is 60.4 Å². The van der Waals surface area contributed by atoms with Crippen molar-refractivity contribution in [2.75, 3.05) is 20.8 Å². The zero-order chi connectivity index (χ0) is 25.6. The van der Waals surface area contributed by atoms with Gasteiger partial charge in [0.2, 0.25) is 0 Å². The van der Waals surface area contributed by atoms with Crippen molar-refractivity contribution in [3.63, 3.8) is 0 Å². The van der Waals surface area contributed by atoms with Crippen LogP contribution in [-0.2, 0) is 6.54 Å². The molecule has 0 aliphatic rings. The van der Waals surface area contributed by atoms with Crippen molar-refractivity contribution >= 4 is 11.7 Å². The first kappa shape index (κ1) is 26.2. The molecule has 3 rings (SSSR count). The van der Waals surface area contributed by atoms with Crippen molar-refractivity contribution in [3.05, 3.63) is 48.4 Å². The lowest BCUT2D eigenvalue weighted by molar-refractivity contribution is -0.136. The number of pyridine rings is 1. The Morgan fingerprint density at radius 1 is 1.17 bits per heavy atom. The Balaban J connectivity index is 1.86. The number of amides is 2. The van der Waals surface area contributed by atoms with Gasteiger partial charge in [-0.05, 0) is 38.0 Å². The quantitative estimate of drug-likeness (QED) is 0.396. The molecular weight excluding hydrogens is 461 g/mol. The van der Waals surface area contributed by atoms with Gasteiger partial charge in [-0.2, -0.15) is 13.2 Å². The van der Waals surface area contributed by atoms with E-state index in [0.29, 0.717) is 24.5 Å². The molecule has 0 fully saturated rings. The number of imidazole rings is 1. The molecule has 3 aromatic rings. The first-order valence-electron chi connectivity index (χ1n) is 11.5. The highest BCUT2D eigenvalue weighted by Crippen LogP contribution is 2.37. The lowest BCUT2D eigenvalue weighted by Crippen LogP contribution is -2.44. The number of fused-ring (bicyclic) bond motifs is 1. The molecule has 0 aliphatic heterocycles. The van der Waals surface area contributed by atoms with Gasteiger partial charge in [-0.1, -0.05) is 6.92 Å². The number of ether oxygens (including phenoxy) is 2. The van der Waals surface area contributed by atoms with Crippen LogP contribution in [-0.4, -0.2) is 53.3 Å². The molecule has 1 atom stereocenters. The number of alkyl halides is 3. The molecule has 0 saturated carbocycles. The number of hydrogen-bond acceptors (Lipinski definition) is 4. The van der Waals surface area contributed by atoms with Crippen LogP contribution < -0.4 is 14.8 Å². The summed E-state index contributed by atoms with van der Waals surface area (Å²) in [6, 6.07) is 6.54. The van der Waals surface area contributed by atoms with E-state index in [1.807, 2.05) is 41.9 Å². The topological polar surface area (TPSA) is 68.1 Å². The molecule has 0 saturated heterocycles. The molecule has 0 radical (unpaired) electrons. The lowest BCUT2D eigenvalue weighted by atomic mass is 10.0. The van der Waals surface area contributed by atoms with E-state index in [1.54, 1.807) is 31.2 Å². The molecule has 1 N–H and O–H groups in total. The van der Waals surface area contributed by atoms with E-state index in [-0.39, 0.29) is 13.0 Å². The van der Waals surface area contributed by atoms with Gasteiger partial charge in [-0.3, -0.25) is 0 Å². The number of hydrogen-bond donors (Lipinski definition) is 1. The highest BCUT2D eigenvalue weighted by Gasteiger charge is 2.29. The minimum atomic E-state index is -4.25. The van der Waals surface area contributed by atoms with Crippen molar-refractivity contribution in [2.24, 2.45) is 0 Å². The molecule has 1 aromatic carbocycles. The number of benzene rings is 1. The standard InChI is InChI=1S/C25H31F3N4O3/c1-5-19(9-10-25(26,27)28)30-24(33)31(6-2)16-18-13-20(22(35-4)14-21(18)34-3)17-7-8-23-29-11-12-32(23)15-17/h7-8,11-15,19H,5-6,9-10,16H2,1-4H3,(H,30,33). The Bertz CT molecular complexity index is 1150. The van der Waals surface area contributed by atoms with E-state index in [2.05, 4.69) is 10.3 Å². The second-order valence-electron chi connectivity index (χ2n) is 8.20. The van der Waals surface area contributed by atoms with Gasteiger partial charge in [0.15, 0.2) is 0 Å². The predicted molar refractivity (Wildman–Crippen MR) is 128 cm³/mol. The molecule has 1 unspecified atom stereocenters. The first-order chi connectivity index (χ1) is 16.7. The van der Waals surface area contributed by atoms with Crippen LogP contribution in [0, 0.1) is 0 Å². The maximum atomic E-state index is 12.9. The molecule has 2 heterocycles. The van der Waals surface area contributed by atoms with Gasteiger partial charge >= 0.3 is 12.2 Å². The Hall–Kier alpha value is -3.43. The molecule has 190 valence electrons. The van der Waals surface area contributed by atoms with Crippen molar-refractivity contribution in [1.29, 1.82) is 0 Å². The summed E-state index contributed by atoms with van der Waals surface area (Å²) >= 11 is 0. The molecule has 35 heavy (non-hydrogen) atoms. The van der Waals surface area contributed by atoms with Gasteiger partial charge < -0.3 is 24.1 Å². The third-order valence-electron chi connectivity index (χ3n) is 5.93. The maximum Gasteiger partial charge on any atom is 0.389 e. The molecule has 2 aromatic heterocycles. The van der Waals surface area contributed by atoms with Crippen molar-refractivity contribution in [3.8, 4) is 22.6 Å². The highest BCUT2D eigenvalue weighted by atomic mass is 19.4. The third-order valence-corrected chi connectivity index (χ3v) is 5.93. The van der Waals surface area contributed by atoms with Crippen LogP contribution in [0.5, 0.6) is 11.5 Å². The number of halogens is 3. The van der Waals surface area contributed by atoms with Crippen molar-refractivity contribution in [1.82, 2.24) is 19.6 Å². The fraction of sp³-hybridized carbons (Fsp3) is 0.440. The van der Waals surface area contributed by atoms with Crippen LogP contribution in [0.25, 0.3) is 16.8 Å². The fourth-order valence-electron chi connectivity index (χ4n) is 3.91. The van der Waals surface area contributed by atoms with Crippen molar-refractivity contribution in [2.45, 2.75) is 51.9 Å². The van der Waals surface area contributed by atoms with Crippen LogP contribution in [0.2, 0.25) is 0 Å². The number of aromatic nitrogens is 2. The lowest BCUT2D eigenvalue weighted by Gasteiger charge is -2.26.